The van der Waals surface area contributed by atoms with Gasteiger partial charge >= 0.3 is 0 Å². The average molecular weight is 324 g/mol. The monoisotopic (exact) mass is 323 g/mol. The standard InChI is InChI=1S/C17H22ClNOS/c1-3-13(2)14-6-8-16(9-7-14)20-10-4-5-17-19-15(11-18)12-21-17/h6-9,12-13H,3-5,10-11H2,1-2H3. The summed E-state index contributed by atoms with van der Waals surface area (Å²) in [4.78, 5) is 4.44. The van der Waals surface area contributed by atoms with Crippen LogP contribution in [-0.4, -0.2) is 11.6 Å². The van der Waals surface area contributed by atoms with Gasteiger partial charge < -0.3 is 4.74 Å². The number of benzene rings is 1. The molecule has 0 fully saturated rings. The number of halogens is 1. The molecule has 2 nitrogen and oxygen atoms in total. The number of alkyl halides is 1. The minimum atomic E-state index is 0.496. The second-order valence-electron chi connectivity index (χ2n) is 5.20. The Bertz CT molecular complexity index is 538. The zero-order valence-corrected chi connectivity index (χ0v) is 14.2. The molecule has 1 heterocycles. The second kappa shape index (κ2) is 8.40. The molecule has 1 atom stereocenters. The van der Waals surface area contributed by atoms with E-state index in [4.69, 9.17) is 16.3 Å². The Morgan fingerprint density at radius 2 is 2.05 bits per heavy atom. The maximum Gasteiger partial charge on any atom is 0.119 e. The molecule has 21 heavy (non-hydrogen) atoms. The lowest BCUT2D eigenvalue weighted by atomic mass is 9.99. The van der Waals surface area contributed by atoms with Crippen molar-refractivity contribution in [1.82, 2.24) is 4.98 Å². The number of rotatable bonds is 8. The van der Waals surface area contributed by atoms with Crippen LogP contribution in [0.15, 0.2) is 29.6 Å². The van der Waals surface area contributed by atoms with Gasteiger partial charge in [-0.05, 0) is 36.5 Å². The average Bonchev–Trinajstić information content (AvgIpc) is 2.99. The van der Waals surface area contributed by atoms with Gasteiger partial charge in [-0.25, -0.2) is 4.98 Å². The lowest BCUT2D eigenvalue weighted by Gasteiger charge is -2.10. The summed E-state index contributed by atoms with van der Waals surface area (Å²) < 4.78 is 5.78. The van der Waals surface area contributed by atoms with E-state index < -0.39 is 0 Å². The second-order valence-corrected chi connectivity index (χ2v) is 6.41. The van der Waals surface area contributed by atoms with Crippen molar-refractivity contribution in [2.24, 2.45) is 0 Å². The molecule has 0 spiro atoms. The van der Waals surface area contributed by atoms with Gasteiger partial charge in [0.1, 0.15) is 5.75 Å². The summed E-state index contributed by atoms with van der Waals surface area (Å²) >= 11 is 7.42. The molecule has 0 aliphatic rings. The Kier molecular flexibility index (Phi) is 6.52. The van der Waals surface area contributed by atoms with Crippen LogP contribution in [-0.2, 0) is 12.3 Å². The number of aryl methyl sites for hydroxylation is 1. The molecule has 1 unspecified atom stereocenters. The molecular weight excluding hydrogens is 302 g/mol. The molecule has 2 aromatic rings. The lowest BCUT2D eigenvalue weighted by molar-refractivity contribution is 0.311. The number of thiazole rings is 1. The van der Waals surface area contributed by atoms with Crippen molar-refractivity contribution in [1.29, 1.82) is 0 Å². The first-order valence-electron chi connectivity index (χ1n) is 7.45. The zero-order valence-electron chi connectivity index (χ0n) is 12.6. The summed E-state index contributed by atoms with van der Waals surface area (Å²) in [5.41, 5.74) is 2.35. The topological polar surface area (TPSA) is 22.1 Å². The van der Waals surface area contributed by atoms with Gasteiger partial charge in [-0.15, -0.1) is 22.9 Å². The number of nitrogens with zero attached hydrogens (tertiary/aromatic N) is 1. The normalized spacial score (nSPS) is 12.3. The van der Waals surface area contributed by atoms with Crippen molar-refractivity contribution >= 4 is 22.9 Å². The van der Waals surface area contributed by atoms with Crippen molar-refractivity contribution in [2.75, 3.05) is 6.61 Å². The summed E-state index contributed by atoms with van der Waals surface area (Å²) in [6.07, 6.45) is 3.09. The number of ether oxygens (including phenoxy) is 1. The van der Waals surface area contributed by atoms with Gasteiger partial charge in [-0.3, -0.25) is 0 Å². The number of hydrogen-bond donors (Lipinski definition) is 0. The summed E-state index contributed by atoms with van der Waals surface area (Å²) in [6, 6.07) is 8.46. The van der Waals surface area contributed by atoms with Crippen LogP contribution in [0.3, 0.4) is 0 Å². The molecule has 0 amide bonds. The van der Waals surface area contributed by atoms with E-state index in [1.807, 2.05) is 5.38 Å². The fourth-order valence-corrected chi connectivity index (χ4v) is 3.14. The number of hydrogen-bond acceptors (Lipinski definition) is 3. The van der Waals surface area contributed by atoms with E-state index in [0.29, 0.717) is 11.8 Å². The van der Waals surface area contributed by atoms with E-state index in [9.17, 15) is 0 Å². The molecule has 0 aliphatic heterocycles. The predicted molar refractivity (Wildman–Crippen MR) is 90.6 cm³/mol. The quantitative estimate of drug-likeness (QED) is 0.479. The maximum absolute atomic E-state index is 5.78. The summed E-state index contributed by atoms with van der Waals surface area (Å²) in [5.74, 6) is 2.05. The molecule has 0 bridgehead atoms. The van der Waals surface area contributed by atoms with Gasteiger partial charge in [-0.2, -0.15) is 0 Å². The first-order chi connectivity index (χ1) is 10.2. The van der Waals surface area contributed by atoms with Gasteiger partial charge in [0.25, 0.3) is 0 Å². The van der Waals surface area contributed by atoms with Gasteiger partial charge in [0, 0.05) is 11.8 Å². The Labute approximate surface area is 136 Å². The third-order valence-electron chi connectivity index (χ3n) is 3.60. The van der Waals surface area contributed by atoms with E-state index in [-0.39, 0.29) is 0 Å². The Balaban J connectivity index is 1.73. The first kappa shape index (κ1) is 16.3. The predicted octanol–water partition coefficient (Wildman–Crippen LogP) is 5.41. The zero-order chi connectivity index (χ0) is 15.1. The van der Waals surface area contributed by atoms with E-state index in [1.165, 1.54) is 5.56 Å². The molecule has 1 aromatic carbocycles. The number of aromatic nitrogens is 1. The Hall–Kier alpha value is -1.06. The summed E-state index contributed by atoms with van der Waals surface area (Å²) in [5, 5.41) is 3.16. The summed E-state index contributed by atoms with van der Waals surface area (Å²) in [7, 11) is 0. The fraction of sp³-hybridized carbons (Fsp3) is 0.471. The molecule has 0 N–H and O–H groups in total. The maximum atomic E-state index is 5.78. The highest BCUT2D eigenvalue weighted by molar-refractivity contribution is 7.09. The van der Waals surface area contributed by atoms with Crippen LogP contribution >= 0.6 is 22.9 Å². The fourth-order valence-electron chi connectivity index (χ4n) is 2.07. The molecular formula is C17H22ClNOS. The SMILES string of the molecule is CCC(C)c1ccc(OCCCc2nc(CCl)cs2)cc1. The molecule has 4 heteroatoms. The Morgan fingerprint density at radius 1 is 1.29 bits per heavy atom. The summed E-state index contributed by atoms with van der Waals surface area (Å²) in [6.45, 7) is 5.18. The molecule has 0 saturated heterocycles. The van der Waals surface area contributed by atoms with Crippen LogP contribution in [0.5, 0.6) is 5.75 Å². The Morgan fingerprint density at radius 3 is 2.67 bits per heavy atom. The highest BCUT2D eigenvalue weighted by atomic mass is 35.5. The van der Waals surface area contributed by atoms with Crippen LogP contribution in [0, 0.1) is 0 Å². The third-order valence-corrected chi connectivity index (χ3v) is 4.83. The van der Waals surface area contributed by atoms with Crippen molar-refractivity contribution in [2.45, 2.75) is 44.9 Å². The highest BCUT2D eigenvalue weighted by Crippen LogP contribution is 2.21. The molecule has 0 saturated carbocycles. The van der Waals surface area contributed by atoms with Crippen molar-refractivity contribution in [3.05, 3.63) is 45.9 Å². The van der Waals surface area contributed by atoms with E-state index >= 15 is 0 Å². The minimum Gasteiger partial charge on any atom is -0.494 e. The minimum absolute atomic E-state index is 0.496. The molecule has 0 radical (unpaired) electrons. The molecule has 1 aromatic heterocycles. The molecule has 2 rings (SSSR count). The molecule has 0 aliphatic carbocycles. The van der Waals surface area contributed by atoms with Crippen molar-refractivity contribution < 1.29 is 4.74 Å². The van der Waals surface area contributed by atoms with Gasteiger partial charge in [0.2, 0.25) is 0 Å². The third kappa shape index (κ3) is 5.01. The van der Waals surface area contributed by atoms with Crippen molar-refractivity contribution in [3.8, 4) is 5.75 Å². The largest absolute Gasteiger partial charge is 0.494 e. The van der Waals surface area contributed by atoms with Crippen molar-refractivity contribution in [3.63, 3.8) is 0 Å². The van der Waals surface area contributed by atoms with Crippen LogP contribution in [0.1, 0.15) is 48.9 Å². The van der Waals surface area contributed by atoms with E-state index in [1.54, 1.807) is 11.3 Å². The molecule has 114 valence electrons. The van der Waals surface area contributed by atoms with Crippen LogP contribution < -0.4 is 4.74 Å². The highest BCUT2D eigenvalue weighted by Gasteiger charge is 2.04. The van der Waals surface area contributed by atoms with Gasteiger partial charge in [0.15, 0.2) is 0 Å². The van der Waals surface area contributed by atoms with Crippen LogP contribution in [0.25, 0.3) is 0 Å². The van der Waals surface area contributed by atoms with Gasteiger partial charge in [0.05, 0.1) is 23.2 Å². The lowest BCUT2D eigenvalue weighted by Crippen LogP contribution is -2.00. The van der Waals surface area contributed by atoms with Crippen LogP contribution in [0.4, 0.5) is 0 Å². The van der Waals surface area contributed by atoms with E-state index in [0.717, 1.165) is 42.3 Å². The van der Waals surface area contributed by atoms with Gasteiger partial charge in [-0.1, -0.05) is 26.0 Å². The van der Waals surface area contributed by atoms with Crippen LogP contribution in [0.2, 0.25) is 0 Å². The smallest absolute Gasteiger partial charge is 0.119 e. The first-order valence-corrected chi connectivity index (χ1v) is 8.86. The van der Waals surface area contributed by atoms with E-state index in [2.05, 4.69) is 43.1 Å².